The second-order valence-corrected chi connectivity index (χ2v) is 5.98. The lowest BCUT2D eigenvalue weighted by Crippen LogP contribution is -2.28. The first-order valence-corrected chi connectivity index (χ1v) is 8.45. The van der Waals surface area contributed by atoms with Gasteiger partial charge in [-0.2, -0.15) is 0 Å². The lowest BCUT2D eigenvalue weighted by molar-refractivity contribution is 0.0989. The van der Waals surface area contributed by atoms with Crippen molar-refractivity contribution in [1.82, 2.24) is 19.9 Å². The predicted molar refractivity (Wildman–Crippen MR) is 95.9 cm³/mol. The van der Waals surface area contributed by atoms with E-state index in [0.29, 0.717) is 35.0 Å². The summed E-state index contributed by atoms with van der Waals surface area (Å²) in [6.07, 6.45) is 5.35. The van der Waals surface area contributed by atoms with Gasteiger partial charge in [-0.05, 0) is 36.2 Å². The van der Waals surface area contributed by atoms with E-state index in [1.54, 1.807) is 35.6 Å². The molecular weight excluding hydrogens is 349 g/mol. The minimum Gasteiger partial charge on any atom is -0.494 e. The number of ether oxygens (including phenoxy) is 1. The van der Waals surface area contributed by atoms with Gasteiger partial charge >= 0.3 is 0 Å². The molecule has 3 heterocycles. The highest BCUT2D eigenvalue weighted by Crippen LogP contribution is 2.41. The molecule has 7 nitrogen and oxygen atoms in total. The van der Waals surface area contributed by atoms with Gasteiger partial charge in [-0.3, -0.25) is 9.69 Å². The van der Waals surface area contributed by atoms with Crippen LogP contribution in [0.2, 0.25) is 0 Å². The molecule has 0 saturated carbocycles. The van der Waals surface area contributed by atoms with Gasteiger partial charge in [0.25, 0.3) is 5.91 Å². The number of amides is 1. The summed E-state index contributed by atoms with van der Waals surface area (Å²) in [5.41, 5.74) is 1.04. The van der Waals surface area contributed by atoms with Gasteiger partial charge in [0.2, 0.25) is 0 Å². The largest absolute Gasteiger partial charge is 0.494 e. The van der Waals surface area contributed by atoms with Gasteiger partial charge in [0.1, 0.15) is 5.82 Å². The van der Waals surface area contributed by atoms with E-state index in [2.05, 4.69) is 19.9 Å². The summed E-state index contributed by atoms with van der Waals surface area (Å²) in [7, 11) is 1.37. The van der Waals surface area contributed by atoms with Gasteiger partial charge in [-0.15, -0.1) is 0 Å². The van der Waals surface area contributed by atoms with Crippen LogP contribution in [0.4, 0.5) is 10.2 Å². The number of rotatable bonds is 4. The molecule has 8 heteroatoms. The Kier molecular flexibility index (Phi) is 4.23. The highest BCUT2D eigenvalue weighted by molar-refractivity contribution is 6.10. The maximum absolute atomic E-state index is 14.2. The zero-order valence-corrected chi connectivity index (χ0v) is 14.8. The Hall–Kier alpha value is -3.42. The first-order chi connectivity index (χ1) is 13.1. The number of nitrogens with zero attached hydrogens (tertiary/aromatic N) is 5. The topological polar surface area (TPSA) is 81.1 Å². The summed E-state index contributed by atoms with van der Waals surface area (Å²) in [6.45, 7) is 1.94. The average molecular weight is 365 g/mol. The molecule has 0 radical (unpaired) electrons. The fourth-order valence-corrected chi connectivity index (χ4v) is 3.27. The number of fused-ring (bicyclic) bond motifs is 1. The lowest BCUT2D eigenvalue weighted by Gasteiger charge is -2.23. The molecule has 1 aliphatic rings. The molecule has 27 heavy (non-hydrogen) atoms. The van der Waals surface area contributed by atoms with Crippen LogP contribution in [0.3, 0.4) is 0 Å². The Morgan fingerprint density at radius 2 is 1.89 bits per heavy atom. The van der Waals surface area contributed by atoms with Gasteiger partial charge in [0.05, 0.1) is 13.2 Å². The smallest absolute Gasteiger partial charge is 0.260 e. The summed E-state index contributed by atoms with van der Waals surface area (Å²) in [6, 6.07) is 5.82. The maximum atomic E-state index is 14.2. The number of methoxy groups -OCH3 is 1. The Bertz CT molecular complexity index is 1010. The van der Waals surface area contributed by atoms with E-state index in [0.717, 1.165) is 0 Å². The second kappa shape index (κ2) is 6.71. The fourth-order valence-electron chi connectivity index (χ4n) is 3.27. The molecule has 3 aromatic rings. The zero-order chi connectivity index (χ0) is 19.0. The summed E-state index contributed by atoms with van der Waals surface area (Å²) in [5, 5.41) is 0. The third-order valence-electron chi connectivity index (χ3n) is 4.48. The van der Waals surface area contributed by atoms with Crippen LogP contribution in [0.5, 0.6) is 5.75 Å². The molecule has 1 aliphatic heterocycles. The Morgan fingerprint density at radius 3 is 2.59 bits per heavy atom. The molecule has 0 N–H and O–H groups in total. The molecule has 4 rings (SSSR count). The molecule has 0 spiro atoms. The van der Waals surface area contributed by atoms with Gasteiger partial charge in [-0.1, -0.05) is 6.92 Å². The molecule has 0 unspecified atom stereocenters. The first-order valence-electron chi connectivity index (χ1n) is 8.45. The second-order valence-electron chi connectivity index (χ2n) is 5.98. The van der Waals surface area contributed by atoms with E-state index >= 15 is 0 Å². The van der Waals surface area contributed by atoms with Crippen LogP contribution in [-0.2, 0) is 0 Å². The molecular formula is C19H16FN5O2. The van der Waals surface area contributed by atoms with Crippen LogP contribution < -0.4 is 9.64 Å². The highest BCUT2D eigenvalue weighted by Gasteiger charge is 2.38. The van der Waals surface area contributed by atoms with Crippen LogP contribution in [0.15, 0.2) is 42.9 Å². The van der Waals surface area contributed by atoms with Crippen LogP contribution in [0.1, 0.15) is 35.3 Å². The van der Waals surface area contributed by atoms with Crippen molar-refractivity contribution in [2.45, 2.75) is 19.4 Å². The average Bonchev–Trinajstić information content (AvgIpc) is 2.98. The van der Waals surface area contributed by atoms with Crippen LogP contribution >= 0.6 is 0 Å². The van der Waals surface area contributed by atoms with Gasteiger partial charge in [0.15, 0.2) is 23.2 Å². The molecule has 0 bridgehead atoms. The summed E-state index contributed by atoms with van der Waals surface area (Å²) >= 11 is 0. The van der Waals surface area contributed by atoms with Crippen molar-refractivity contribution in [3.8, 4) is 17.4 Å². The van der Waals surface area contributed by atoms with Crippen LogP contribution in [-0.4, -0.2) is 33.0 Å². The van der Waals surface area contributed by atoms with Gasteiger partial charge in [0, 0.05) is 24.2 Å². The minimum atomic E-state index is -0.495. The number of aromatic nitrogens is 4. The van der Waals surface area contributed by atoms with E-state index in [4.69, 9.17) is 4.74 Å². The normalized spacial score (nSPS) is 15.7. The Labute approximate surface area is 154 Å². The molecule has 0 saturated heterocycles. The number of hydrogen-bond donors (Lipinski definition) is 0. The SMILES string of the molecule is CC[C@@H]1c2cc(F)c(OC)cc2C(=O)N1c1ccnc(-c2ncccn2)n1. The molecule has 0 aliphatic carbocycles. The number of carbonyl (C=O) groups is 1. The van der Waals surface area contributed by atoms with Crippen molar-refractivity contribution < 1.29 is 13.9 Å². The minimum absolute atomic E-state index is 0.0415. The van der Waals surface area contributed by atoms with Gasteiger partial charge < -0.3 is 4.74 Å². The zero-order valence-electron chi connectivity index (χ0n) is 14.8. The molecule has 1 atom stereocenters. The van der Waals surface area contributed by atoms with Crippen LogP contribution in [0.25, 0.3) is 11.6 Å². The number of carbonyl (C=O) groups excluding carboxylic acids is 1. The van der Waals surface area contributed by atoms with Gasteiger partial charge in [-0.25, -0.2) is 24.3 Å². The third-order valence-corrected chi connectivity index (χ3v) is 4.48. The maximum Gasteiger partial charge on any atom is 0.260 e. The number of hydrogen-bond acceptors (Lipinski definition) is 6. The molecule has 136 valence electrons. The summed E-state index contributed by atoms with van der Waals surface area (Å²) in [5.74, 6) is 0.388. The standard InChI is InChI=1S/C19H16FN5O2/c1-3-14-11-9-13(20)15(27-2)10-12(11)19(26)25(14)16-5-8-23-18(24-16)17-21-6-4-7-22-17/h4-10,14H,3H2,1-2H3/t14-/m1/s1. The Balaban J connectivity index is 1.79. The number of halogens is 1. The van der Waals surface area contributed by atoms with Crippen molar-refractivity contribution >= 4 is 11.7 Å². The van der Waals surface area contributed by atoms with Crippen molar-refractivity contribution in [1.29, 1.82) is 0 Å². The number of anilines is 1. The molecule has 1 aromatic carbocycles. The van der Waals surface area contributed by atoms with E-state index in [1.165, 1.54) is 19.2 Å². The van der Waals surface area contributed by atoms with Crippen molar-refractivity contribution in [2.75, 3.05) is 12.0 Å². The monoisotopic (exact) mass is 365 g/mol. The fraction of sp³-hybridized carbons (Fsp3) is 0.211. The van der Waals surface area contributed by atoms with E-state index in [-0.39, 0.29) is 17.7 Å². The van der Waals surface area contributed by atoms with E-state index in [1.807, 2.05) is 6.92 Å². The third kappa shape index (κ3) is 2.79. The van der Waals surface area contributed by atoms with E-state index in [9.17, 15) is 9.18 Å². The van der Waals surface area contributed by atoms with Crippen molar-refractivity contribution in [3.63, 3.8) is 0 Å². The van der Waals surface area contributed by atoms with Crippen molar-refractivity contribution in [2.24, 2.45) is 0 Å². The molecule has 1 amide bonds. The number of benzene rings is 1. The molecule has 0 fully saturated rings. The quantitative estimate of drug-likeness (QED) is 0.706. The Morgan fingerprint density at radius 1 is 1.15 bits per heavy atom. The predicted octanol–water partition coefficient (Wildman–Crippen LogP) is 3.19. The molecule has 2 aromatic heterocycles. The lowest BCUT2D eigenvalue weighted by atomic mass is 10.0. The first kappa shape index (κ1) is 17.0. The summed E-state index contributed by atoms with van der Waals surface area (Å²) in [4.78, 5) is 31.5. The highest BCUT2D eigenvalue weighted by atomic mass is 19.1. The van der Waals surface area contributed by atoms with Crippen LogP contribution in [0, 0.1) is 5.82 Å². The van der Waals surface area contributed by atoms with E-state index < -0.39 is 5.82 Å². The summed E-state index contributed by atoms with van der Waals surface area (Å²) < 4.78 is 19.2. The van der Waals surface area contributed by atoms with Crippen molar-refractivity contribution in [3.05, 3.63) is 59.8 Å².